The van der Waals surface area contributed by atoms with Crippen LogP contribution < -0.4 is 14.2 Å². The van der Waals surface area contributed by atoms with E-state index in [0.29, 0.717) is 16.9 Å². The second-order valence-corrected chi connectivity index (χ2v) is 8.89. The molecule has 3 rings (SSSR count). The molecule has 0 amide bonds. The predicted octanol–water partition coefficient (Wildman–Crippen LogP) is 5.09. The summed E-state index contributed by atoms with van der Waals surface area (Å²) in [6.45, 7) is 3.12. The number of carbonyl (C=O) groups excluding carboxylic acids is 1. The lowest BCUT2D eigenvalue weighted by atomic mass is 9.90. The molecule has 0 radical (unpaired) electrons. The number of nitrogens with zero attached hydrogens (tertiary/aromatic N) is 1. The van der Waals surface area contributed by atoms with E-state index in [-0.39, 0.29) is 35.1 Å². The number of hydrogen-bond donors (Lipinski definition) is 2. The third-order valence-corrected chi connectivity index (χ3v) is 6.01. The Morgan fingerprint density at radius 3 is 2.32 bits per heavy atom. The molecule has 0 bridgehead atoms. The molecule has 10 heteroatoms. The summed E-state index contributed by atoms with van der Waals surface area (Å²) in [5, 5.41) is 20.4. The Kier molecular flexibility index (Phi) is 9.35. The van der Waals surface area contributed by atoms with E-state index in [1.807, 2.05) is 0 Å². The van der Waals surface area contributed by atoms with Crippen LogP contribution in [0.1, 0.15) is 41.4 Å². The summed E-state index contributed by atoms with van der Waals surface area (Å²) in [4.78, 5) is 17.1. The maximum Gasteiger partial charge on any atom is 0.272 e. The molecule has 1 aromatic heterocycles. The Labute approximate surface area is 218 Å². The zero-order chi connectivity index (χ0) is 28.0. The molecular formula is C28H30F3NO6. The van der Waals surface area contributed by atoms with Crippen LogP contribution in [0.25, 0.3) is 11.3 Å². The Hall–Kier alpha value is -3.63. The topological polar surface area (TPSA) is 98.1 Å². The van der Waals surface area contributed by atoms with E-state index in [1.54, 1.807) is 13.8 Å². The number of carbonyl (C=O) groups is 1. The number of benzene rings is 2. The third-order valence-electron chi connectivity index (χ3n) is 6.01. The number of aliphatic hydroxyl groups is 2. The number of Topliss-reactive ketones (excluding diaryl/α,β-unsaturated/α-hetero) is 1. The number of methoxy groups -OCH3 is 2. The molecule has 2 unspecified atom stereocenters. The third kappa shape index (κ3) is 6.43. The average molecular weight is 534 g/mol. The number of aryl methyl sites for hydroxylation is 1. The van der Waals surface area contributed by atoms with E-state index in [4.69, 9.17) is 14.2 Å². The van der Waals surface area contributed by atoms with Crippen LogP contribution in [0.15, 0.2) is 48.5 Å². The van der Waals surface area contributed by atoms with Crippen molar-refractivity contribution in [2.24, 2.45) is 0 Å². The normalized spacial score (nSPS) is 13.6. The molecule has 2 atom stereocenters. The van der Waals surface area contributed by atoms with Crippen molar-refractivity contribution in [3.63, 3.8) is 0 Å². The van der Waals surface area contributed by atoms with Crippen molar-refractivity contribution in [3.8, 4) is 28.5 Å². The zero-order valence-electron chi connectivity index (χ0n) is 21.5. The lowest BCUT2D eigenvalue weighted by Gasteiger charge is -2.27. The Balaban J connectivity index is 1.88. The van der Waals surface area contributed by atoms with Gasteiger partial charge in [-0.25, -0.2) is 18.2 Å². The molecule has 0 spiro atoms. The molecule has 0 fully saturated rings. The van der Waals surface area contributed by atoms with E-state index in [0.717, 1.165) is 0 Å². The van der Waals surface area contributed by atoms with Gasteiger partial charge in [0, 0.05) is 17.5 Å². The summed E-state index contributed by atoms with van der Waals surface area (Å²) >= 11 is 0. The van der Waals surface area contributed by atoms with Crippen molar-refractivity contribution in [2.45, 2.75) is 44.8 Å². The number of aliphatic hydroxyl groups excluding tert-OH is 1. The van der Waals surface area contributed by atoms with Crippen molar-refractivity contribution in [3.05, 3.63) is 71.2 Å². The standard InChI is InChI=1S/C28H30F3NO6/c1-16-13-19(5-7-20(16)29)26-23(36-3)9-10-25(32-26)28(35,27(30)31)12-11-21(34)18-6-8-22(24(14-18)37-4)38-15-17(2)33/h5-10,13-14,17,27,33,35H,11-12,15H2,1-4H3. The highest BCUT2D eigenvalue weighted by molar-refractivity contribution is 5.96. The van der Waals surface area contributed by atoms with Gasteiger partial charge >= 0.3 is 0 Å². The van der Waals surface area contributed by atoms with Crippen LogP contribution in [0.2, 0.25) is 0 Å². The van der Waals surface area contributed by atoms with E-state index >= 15 is 0 Å². The number of hydrogen-bond acceptors (Lipinski definition) is 7. The van der Waals surface area contributed by atoms with Gasteiger partial charge in [-0.05, 0) is 74.4 Å². The van der Waals surface area contributed by atoms with Gasteiger partial charge in [-0.1, -0.05) is 0 Å². The number of rotatable bonds is 12. The fourth-order valence-corrected chi connectivity index (χ4v) is 3.82. The molecule has 204 valence electrons. The number of ether oxygens (including phenoxy) is 3. The Morgan fingerprint density at radius 1 is 1.03 bits per heavy atom. The molecule has 3 aromatic rings. The first kappa shape index (κ1) is 28.9. The molecular weight excluding hydrogens is 503 g/mol. The number of aromatic nitrogens is 1. The highest BCUT2D eigenvalue weighted by Gasteiger charge is 2.42. The maximum atomic E-state index is 14.2. The van der Waals surface area contributed by atoms with Crippen molar-refractivity contribution < 1.29 is 42.4 Å². The van der Waals surface area contributed by atoms with Crippen molar-refractivity contribution in [1.82, 2.24) is 4.98 Å². The van der Waals surface area contributed by atoms with Gasteiger partial charge in [-0.15, -0.1) is 0 Å². The highest BCUT2D eigenvalue weighted by Crippen LogP contribution is 2.37. The van der Waals surface area contributed by atoms with Gasteiger partial charge in [0.1, 0.15) is 23.9 Å². The van der Waals surface area contributed by atoms with Crippen LogP contribution in [0.5, 0.6) is 17.2 Å². The molecule has 7 nitrogen and oxygen atoms in total. The average Bonchev–Trinajstić information content (AvgIpc) is 2.91. The molecule has 2 N–H and O–H groups in total. The fraction of sp³-hybridized carbons (Fsp3) is 0.357. The van der Waals surface area contributed by atoms with Gasteiger partial charge in [0.15, 0.2) is 22.9 Å². The van der Waals surface area contributed by atoms with E-state index in [9.17, 15) is 28.2 Å². The fourth-order valence-electron chi connectivity index (χ4n) is 3.82. The number of pyridine rings is 1. The predicted molar refractivity (Wildman–Crippen MR) is 135 cm³/mol. The largest absolute Gasteiger partial charge is 0.494 e. The van der Waals surface area contributed by atoms with Crippen LogP contribution in [0.4, 0.5) is 13.2 Å². The smallest absolute Gasteiger partial charge is 0.272 e. The van der Waals surface area contributed by atoms with Gasteiger partial charge in [0.05, 0.1) is 26.0 Å². The molecule has 2 aromatic carbocycles. The summed E-state index contributed by atoms with van der Waals surface area (Å²) in [6, 6.07) is 11.1. The van der Waals surface area contributed by atoms with E-state index in [2.05, 4.69) is 4.98 Å². The van der Waals surface area contributed by atoms with Gasteiger partial charge < -0.3 is 24.4 Å². The van der Waals surface area contributed by atoms with Crippen molar-refractivity contribution in [2.75, 3.05) is 20.8 Å². The first-order chi connectivity index (χ1) is 18.0. The minimum atomic E-state index is -3.26. The monoisotopic (exact) mass is 533 g/mol. The number of ketones is 1. The number of halogens is 3. The van der Waals surface area contributed by atoms with Gasteiger partial charge in [-0.2, -0.15) is 0 Å². The summed E-state index contributed by atoms with van der Waals surface area (Å²) in [5.41, 5.74) is -2.03. The summed E-state index contributed by atoms with van der Waals surface area (Å²) in [6.07, 6.45) is -5.01. The minimum Gasteiger partial charge on any atom is -0.494 e. The van der Waals surface area contributed by atoms with Crippen molar-refractivity contribution >= 4 is 5.78 Å². The molecule has 0 saturated carbocycles. The first-order valence-corrected chi connectivity index (χ1v) is 11.8. The summed E-state index contributed by atoms with van der Waals surface area (Å²) in [5.74, 6) is -0.160. The summed E-state index contributed by atoms with van der Waals surface area (Å²) in [7, 11) is 2.76. The van der Waals surface area contributed by atoms with E-state index in [1.165, 1.54) is 62.8 Å². The van der Waals surface area contributed by atoms with Crippen LogP contribution in [-0.2, 0) is 5.60 Å². The van der Waals surface area contributed by atoms with Crippen LogP contribution in [0, 0.1) is 12.7 Å². The van der Waals surface area contributed by atoms with Crippen LogP contribution >= 0.6 is 0 Å². The van der Waals surface area contributed by atoms with Gasteiger partial charge in [0.2, 0.25) is 0 Å². The number of alkyl halides is 2. The molecule has 0 aliphatic rings. The Bertz CT molecular complexity index is 1280. The maximum absolute atomic E-state index is 14.2. The first-order valence-electron chi connectivity index (χ1n) is 11.8. The highest BCUT2D eigenvalue weighted by atomic mass is 19.3. The zero-order valence-corrected chi connectivity index (χ0v) is 21.5. The lowest BCUT2D eigenvalue weighted by Crippen LogP contribution is -2.36. The second kappa shape index (κ2) is 12.3. The van der Waals surface area contributed by atoms with Crippen molar-refractivity contribution in [1.29, 1.82) is 0 Å². The molecule has 0 aliphatic heterocycles. The second-order valence-electron chi connectivity index (χ2n) is 8.89. The molecule has 1 heterocycles. The molecule has 0 aliphatic carbocycles. The van der Waals surface area contributed by atoms with E-state index < -0.39 is 42.6 Å². The quantitative estimate of drug-likeness (QED) is 0.313. The van der Waals surface area contributed by atoms with Crippen LogP contribution in [-0.4, -0.2) is 54.3 Å². The SMILES string of the molecule is COc1cc(C(=O)CCC(O)(c2ccc(OC)c(-c3ccc(F)c(C)c3)n2)C(F)F)ccc1OCC(C)O. The van der Waals surface area contributed by atoms with Crippen LogP contribution in [0.3, 0.4) is 0 Å². The summed E-state index contributed by atoms with van der Waals surface area (Å²) < 4.78 is 58.2. The lowest BCUT2D eigenvalue weighted by molar-refractivity contribution is -0.109. The minimum absolute atomic E-state index is 0.0133. The molecule has 38 heavy (non-hydrogen) atoms. The molecule has 0 saturated heterocycles. The Morgan fingerprint density at radius 2 is 1.71 bits per heavy atom. The van der Waals surface area contributed by atoms with Gasteiger partial charge in [0.25, 0.3) is 6.43 Å². The van der Waals surface area contributed by atoms with Gasteiger partial charge in [-0.3, -0.25) is 4.79 Å².